The Bertz CT molecular complexity index is 1080. The minimum atomic E-state index is 0.580. The SMILES string of the molecule is COc1cc(CCc2cc(OC)c(OC)c(OC)c2)c(CCc2cc(OC)c(OC)c(OC)c2)cc1OC. The molecular weight excluding hydrogens is 488 g/mol. The van der Waals surface area contributed by atoms with Gasteiger partial charge in [0.1, 0.15) is 0 Å². The third-order valence-electron chi connectivity index (χ3n) is 6.52. The Labute approximate surface area is 225 Å². The van der Waals surface area contributed by atoms with Crippen molar-refractivity contribution in [1.82, 2.24) is 0 Å². The summed E-state index contributed by atoms with van der Waals surface area (Å²) in [4.78, 5) is 0. The summed E-state index contributed by atoms with van der Waals surface area (Å²) in [5.74, 6) is 5.10. The molecule has 0 aliphatic rings. The molecule has 0 N–H and O–H groups in total. The number of benzene rings is 3. The Kier molecular flexibility index (Phi) is 10.2. The molecule has 8 heteroatoms. The Morgan fingerprint density at radius 3 is 0.868 bits per heavy atom. The highest BCUT2D eigenvalue weighted by Gasteiger charge is 2.17. The number of aryl methyl sites for hydroxylation is 4. The molecule has 0 unspecified atom stereocenters. The fourth-order valence-electron chi connectivity index (χ4n) is 4.55. The highest BCUT2D eigenvalue weighted by atomic mass is 16.5. The first-order valence-corrected chi connectivity index (χ1v) is 12.3. The largest absolute Gasteiger partial charge is 0.493 e. The molecule has 0 heterocycles. The van der Waals surface area contributed by atoms with Crippen LogP contribution in [0.2, 0.25) is 0 Å². The van der Waals surface area contributed by atoms with Crippen molar-refractivity contribution in [1.29, 1.82) is 0 Å². The van der Waals surface area contributed by atoms with Gasteiger partial charge in [-0.05, 0) is 84.3 Å². The Hall–Kier alpha value is -3.94. The molecule has 0 saturated carbocycles. The smallest absolute Gasteiger partial charge is 0.203 e. The van der Waals surface area contributed by atoms with E-state index in [9.17, 15) is 0 Å². The summed E-state index contributed by atoms with van der Waals surface area (Å²) >= 11 is 0. The third-order valence-corrected chi connectivity index (χ3v) is 6.52. The van der Waals surface area contributed by atoms with E-state index in [4.69, 9.17) is 37.9 Å². The van der Waals surface area contributed by atoms with Crippen molar-refractivity contribution >= 4 is 0 Å². The molecule has 8 nitrogen and oxygen atoms in total. The van der Waals surface area contributed by atoms with Gasteiger partial charge in [0.25, 0.3) is 0 Å². The molecule has 3 aromatic carbocycles. The summed E-state index contributed by atoms with van der Waals surface area (Å²) in [6.07, 6.45) is 3.10. The maximum Gasteiger partial charge on any atom is 0.203 e. The molecule has 3 rings (SSSR count). The van der Waals surface area contributed by atoms with Gasteiger partial charge in [0, 0.05) is 0 Å². The second kappa shape index (κ2) is 13.6. The van der Waals surface area contributed by atoms with E-state index in [-0.39, 0.29) is 0 Å². The van der Waals surface area contributed by atoms with Crippen LogP contribution in [0.25, 0.3) is 0 Å². The number of hydrogen-bond donors (Lipinski definition) is 0. The van der Waals surface area contributed by atoms with E-state index in [1.54, 1.807) is 56.9 Å². The molecule has 206 valence electrons. The first-order chi connectivity index (χ1) is 18.5. The van der Waals surface area contributed by atoms with Crippen molar-refractivity contribution < 1.29 is 37.9 Å². The van der Waals surface area contributed by atoms with E-state index < -0.39 is 0 Å². The van der Waals surface area contributed by atoms with Crippen LogP contribution >= 0.6 is 0 Å². The molecule has 0 saturated heterocycles. The topological polar surface area (TPSA) is 73.8 Å². The molecule has 0 radical (unpaired) electrons. The zero-order chi connectivity index (χ0) is 27.7. The van der Waals surface area contributed by atoms with Crippen molar-refractivity contribution in [3.05, 3.63) is 58.7 Å². The number of methoxy groups -OCH3 is 8. The Morgan fingerprint density at radius 2 is 0.632 bits per heavy atom. The van der Waals surface area contributed by atoms with Gasteiger partial charge in [-0.2, -0.15) is 0 Å². The van der Waals surface area contributed by atoms with Crippen LogP contribution < -0.4 is 37.9 Å². The van der Waals surface area contributed by atoms with Crippen LogP contribution in [-0.2, 0) is 25.7 Å². The average molecular weight is 527 g/mol. The fourth-order valence-corrected chi connectivity index (χ4v) is 4.55. The van der Waals surface area contributed by atoms with Crippen molar-refractivity contribution in [2.24, 2.45) is 0 Å². The monoisotopic (exact) mass is 526 g/mol. The number of rotatable bonds is 14. The lowest BCUT2D eigenvalue weighted by Crippen LogP contribution is -2.04. The summed E-state index contributed by atoms with van der Waals surface area (Å²) in [5.41, 5.74) is 4.49. The van der Waals surface area contributed by atoms with Gasteiger partial charge in [-0.1, -0.05) is 0 Å². The van der Waals surface area contributed by atoms with Crippen LogP contribution in [0.1, 0.15) is 22.3 Å². The van der Waals surface area contributed by atoms with Crippen LogP contribution in [0.15, 0.2) is 36.4 Å². The summed E-state index contributed by atoms with van der Waals surface area (Å²) in [7, 11) is 13.0. The van der Waals surface area contributed by atoms with Crippen molar-refractivity contribution in [3.63, 3.8) is 0 Å². The average Bonchev–Trinajstić information content (AvgIpc) is 2.97. The lowest BCUT2D eigenvalue weighted by atomic mass is 9.94. The summed E-state index contributed by atoms with van der Waals surface area (Å²) in [6, 6.07) is 12.0. The highest BCUT2D eigenvalue weighted by Crippen LogP contribution is 2.40. The van der Waals surface area contributed by atoms with Gasteiger partial charge in [0.05, 0.1) is 56.9 Å². The molecule has 0 fully saturated rings. The van der Waals surface area contributed by atoms with Gasteiger partial charge in [-0.15, -0.1) is 0 Å². The van der Waals surface area contributed by atoms with Crippen LogP contribution in [0.5, 0.6) is 46.0 Å². The van der Waals surface area contributed by atoms with Gasteiger partial charge in [-0.25, -0.2) is 0 Å². The molecule has 0 amide bonds. The van der Waals surface area contributed by atoms with Gasteiger partial charge < -0.3 is 37.9 Å². The predicted molar refractivity (Wildman–Crippen MR) is 147 cm³/mol. The first kappa shape index (κ1) is 28.6. The second-order valence-corrected chi connectivity index (χ2v) is 8.54. The summed E-state index contributed by atoms with van der Waals surface area (Å²) in [5, 5.41) is 0. The van der Waals surface area contributed by atoms with E-state index in [1.165, 1.54) is 11.1 Å². The van der Waals surface area contributed by atoms with Crippen molar-refractivity contribution in [3.8, 4) is 46.0 Å². The van der Waals surface area contributed by atoms with E-state index in [2.05, 4.69) is 12.1 Å². The standard InChI is InChI=1S/C30H38O8/c1-31-23-17-21(11-9-19-13-25(33-3)29(37-7)26(14-19)34-4)22(18-24(23)32-2)12-10-20-15-27(35-5)30(38-8)28(16-20)36-6/h13-18H,9-12H2,1-8H3. The quantitative estimate of drug-likeness (QED) is 0.279. The van der Waals surface area contributed by atoms with Crippen LogP contribution in [0.4, 0.5) is 0 Å². The Morgan fingerprint density at radius 1 is 0.342 bits per heavy atom. The van der Waals surface area contributed by atoms with Gasteiger partial charge in [-0.3, -0.25) is 0 Å². The molecular formula is C30H38O8. The van der Waals surface area contributed by atoms with E-state index in [0.717, 1.165) is 36.8 Å². The van der Waals surface area contributed by atoms with Gasteiger partial charge >= 0.3 is 0 Å². The minimum Gasteiger partial charge on any atom is -0.493 e. The molecule has 0 aliphatic carbocycles. The van der Waals surface area contributed by atoms with E-state index in [0.29, 0.717) is 46.0 Å². The first-order valence-electron chi connectivity index (χ1n) is 12.3. The molecule has 38 heavy (non-hydrogen) atoms. The lowest BCUT2D eigenvalue weighted by molar-refractivity contribution is 0.323. The van der Waals surface area contributed by atoms with Gasteiger partial charge in [0.2, 0.25) is 11.5 Å². The van der Waals surface area contributed by atoms with Crippen molar-refractivity contribution in [2.45, 2.75) is 25.7 Å². The maximum atomic E-state index is 5.61. The molecule has 3 aromatic rings. The van der Waals surface area contributed by atoms with Crippen molar-refractivity contribution in [2.75, 3.05) is 56.9 Å². The van der Waals surface area contributed by atoms with Gasteiger partial charge in [0.15, 0.2) is 34.5 Å². The van der Waals surface area contributed by atoms with Crippen LogP contribution in [0.3, 0.4) is 0 Å². The zero-order valence-electron chi connectivity index (χ0n) is 23.6. The number of ether oxygens (including phenoxy) is 8. The van der Waals surface area contributed by atoms with E-state index >= 15 is 0 Å². The second-order valence-electron chi connectivity index (χ2n) is 8.54. The van der Waals surface area contributed by atoms with Crippen LogP contribution in [-0.4, -0.2) is 56.9 Å². The Balaban J connectivity index is 1.92. The fraction of sp³-hybridized carbons (Fsp3) is 0.400. The molecule has 0 atom stereocenters. The third kappa shape index (κ3) is 6.30. The molecule has 0 bridgehead atoms. The predicted octanol–water partition coefficient (Wildman–Crippen LogP) is 5.33. The zero-order valence-corrected chi connectivity index (χ0v) is 23.6. The highest BCUT2D eigenvalue weighted by molar-refractivity contribution is 5.55. The lowest BCUT2D eigenvalue weighted by Gasteiger charge is -2.17. The van der Waals surface area contributed by atoms with E-state index in [1.807, 2.05) is 24.3 Å². The number of hydrogen-bond acceptors (Lipinski definition) is 8. The summed E-state index contributed by atoms with van der Waals surface area (Å²) in [6.45, 7) is 0. The summed E-state index contributed by atoms with van der Waals surface area (Å²) < 4.78 is 44.3. The molecule has 0 spiro atoms. The molecule has 0 aliphatic heterocycles. The minimum absolute atomic E-state index is 0.580. The molecule has 0 aromatic heterocycles. The maximum absolute atomic E-state index is 5.61. The van der Waals surface area contributed by atoms with Crippen LogP contribution in [0, 0.1) is 0 Å². The normalized spacial score (nSPS) is 10.5.